The molecule has 2 aromatic carbocycles. The van der Waals surface area contributed by atoms with Crippen LogP contribution in [-0.2, 0) is 9.63 Å². The van der Waals surface area contributed by atoms with Crippen molar-refractivity contribution in [2.45, 2.75) is 18.4 Å². The molecule has 1 aliphatic heterocycles. The minimum Gasteiger partial charge on any atom is -0.476 e. The van der Waals surface area contributed by atoms with Crippen molar-refractivity contribution < 1.29 is 14.4 Å². The van der Waals surface area contributed by atoms with Gasteiger partial charge in [0.2, 0.25) is 0 Å². The first kappa shape index (κ1) is 18.5. The van der Waals surface area contributed by atoms with Crippen LogP contribution in [-0.4, -0.2) is 44.5 Å². The maximum absolute atomic E-state index is 13.3. The number of carbonyl (C=O) groups excluding carboxylic acids is 1. The van der Waals surface area contributed by atoms with Crippen LogP contribution < -0.4 is 15.0 Å². The molecule has 0 bridgehead atoms. The van der Waals surface area contributed by atoms with Crippen LogP contribution in [0.2, 0.25) is 0 Å². The number of fused-ring (bicyclic) bond motifs is 2. The van der Waals surface area contributed by atoms with Gasteiger partial charge in [0.05, 0.1) is 11.6 Å². The Balaban J connectivity index is 1.59. The fraction of sp³-hybridized carbons (Fsp3) is 0.364. The van der Waals surface area contributed by atoms with Crippen LogP contribution in [0.5, 0.6) is 5.75 Å². The lowest BCUT2D eigenvalue weighted by Gasteiger charge is -2.29. The molecule has 28 heavy (non-hydrogen) atoms. The highest BCUT2D eigenvalue weighted by Gasteiger charge is 2.69. The highest BCUT2D eigenvalue weighted by molar-refractivity contribution is 6.15. The molecule has 0 spiro atoms. The predicted octanol–water partition coefficient (Wildman–Crippen LogP) is 2.83. The molecule has 4 rings (SSSR count). The van der Waals surface area contributed by atoms with Gasteiger partial charge in [0, 0.05) is 24.7 Å². The van der Waals surface area contributed by atoms with Crippen molar-refractivity contribution in [3.63, 3.8) is 0 Å². The molecule has 0 saturated heterocycles. The number of benzene rings is 2. The van der Waals surface area contributed by atoms with E-state index in [4.69, 9.17) is 9.57 Å². The predicted molar refractivity (Wildman–Crippen MR) is 109 cm³/mol. The summed E-state index contributed by atoms with van der Waals surface area (Å²) in [5.74, 6) is 0.537. The standard InChI is InChI=1S/C22H25N3O3/c1-23-13-8-14-27-24-20-17-11-6-7-12-19(17)28-22(15-18(20)22)21(26)25(2)16-9-4-3-5-10-16/h3-7,9-12,18,23H,8,13-15H2,1-2H3. The van der Waals surface area contributed by atoms with Crippen molar-refractivity contribution in [1.82, 2.24) is 5.32 Å². The van der Waals surface area contributed by atoms with E-state index in [2.05, 4.69) is 10.5 Å². The van der Waals surface area contributed by atoms with E-state index in [1.807, 2.05) is 61.6 Å². The quantitative estimate of drug-likeness (QED) is 0.594. The van der Waals surface area contributed by atoms with E-state index in [1.165, 1.54) is 0 Å². The smallest absolute Gasteiger partial charge is 0.271 e. The van der Waals surface area contributed by atoms with Crippen LogP contribution in [0, 0.1) is 5.92 Å². The van der Waals surface area contributed by atoms with Crippen LogP contribution in [0.15, 0.2) is 59.8 Å². The lowest BCUT2D eigenvalue weighted by Crippen LogP contribution is -2.46. The van der Waals surface area contributed by atoms with Crippen LogP contribution in [0.1, 0.15) is 18.4 Å². The lowest BCUT2D eigenvalue weighted by molar-refractivity contribution is -0.127. The molecule has 6 nitrogen and oxygen atoms in total. The Bertz CT molecular complexity index is 884. The molecular formula is C22H25N3O3. The number of nitrogens with one attached hydrogen (secondary N) is 1. The van der Waals surface area contributed by atoms with Crippen molar-refractivity contribution in [1.29, 1.82) is 0 Å². The van der Waals surface area contributed by atoms with Gasteiger partial charge in [-0.25, -0.2) is 0 Å². The minimum absolute atomic E-state index is 0.0545. The van der Waals surface area contributed by atoms with Crippen LogP contribution in [0.25, 0.3) is 0 Å². The number of oxime groups is 1. The van der Waals surface area contributed by atoms with Crippen molar-refractivity contribution in [2.75, 3.05) is 32.1 Å². The summed E-state index contributed by atoms with van der Waals surface area (Å²) in [6.07, 6.45) is 1.48. The number of hydrogen-bond acceptors (Lipinski definition) is 5. The molecule has 1 fully saturated rings. The average molecular weight is 379 g/mol. The van der Waals surface area contributed by atoms with Crippen molar-refractivity contribution >= 4 is 17.3 Å². The first-order chi connectivity index (χ1) is 13.7. The normalized spacial score (nSPS) is 23.4. The minimum atomic E-state index is -0.897. The molecule has 2 aromatic rings. The summed E-state index contributed by atoms with van der Waals surface area (Å²) in [5, 5.41) is 7.51. The highest BCUT2D eigenvalue weighted by Crippen LogP contribution is 2.55. The van der Waals surface area contributed by atoms with E-state index < -0.39 is 5.60 Å². The Morgan fingerprint density at radius 2 is 2.00 bits per heavy atom. The molecule has 1 saturated carbocycles. The molecule has 1 aliphatic carbocycles. The molecule has 0 radical (unpaired) electrons. The van der Waals surface area contributed by atoms with E-state index in [9.17, 15) is 4.79 Å². The summed E-state index contributed by atoms with van der Waals surface area (Å²) in [4.78, 5) is 20.6. The van der Waals surface area contributed by atoms with Gasteiger partial charge in [0.1, 0.15) is 12.4 Å². The van der Waals surface area contributed by atoms with Crippen molar-refractivity contribution in [3.05, 3.63) is 60.2 Å². The third kappa shape index (κ3) is 3.24. The van der Waals surface area contributed by atoms with Crippen LogP contribution in [0.4, 0.5) is 5.69 Å². The molecule has 2 atom stereocenters. The fourth-order valence-electron chi connectivity index (χ4n) is 3.70. The number of nitrogens with zero attached hydrogens (tertiary/aromatic N) is 2. The molecule has 1 N–H and O–H groups in total. The van der Waals surface area contributed by atoms with Crippen molar-refractivity contribution in [2.24, 2.45) is 11.1 Å². The Morgan fingerprint density at radius 1 is 1.25 bits per heavy atom. The second kappa shape index (κ2) is 7.64. The van der Waals surface area contributed by atoms with E-state index in [-0.39, 0.29) is 11.8 Å². The van der Waals surface area contributed by atoms with Gasteiger partial charge in [-0.2, -0.15) is 0 Å². The van der Waals surface area contributed by atoms with Gasteiger partial charge in [-0.1, -0.05) is 35.5 Å². The summed E-state index contributed by atoms with van der Waals surface area (Å²) in [6, 6.07) is 17.3. The number of rotatable bonds is 7. The number of ether oxygens (including phenoxy) is 1. The molecule has 2 aliphatic rings. The van der Waals surface area contributed by atoms with Gasteiger partial charge in [0.15, 0.2) is 5.60 Å². The molecule has 2 unspecified atom stereocenters. The Hall–Kier alpha value is -2.86. The van der Waals surface area contributed by atoms with Gasteiger partial charge in [-0.05, 0) is 44.3 Å². The topological polar surface area (TPSA) is 63.2 Å². The number of carbonyl (C=O) groups is 1. The molecule has 0 aromatic heterocycles. The van der Waals surface area contributed by atoms with Gasteiger partial charge in [0.25, 0.3) is 5.91 Å². The first-order valence-electron chi connectivity index (χ1n) is 9.63. The zero-order valence-electron chi connectivity index (χ0n) is 16.2. The average Bonchev–Trinajstić information content (AvgIpc) is 3.48. The number of para-hydroxylation sites is 2. The lowest BCUT2D eigenvalue weighted by atomic mass is 9.99. The van der Waals surface area contributed by atoms with E-state index in [0.717, 1.165) is 29.9 Å². The monoisotopic (exact) mass is 379 g/mol. The second-order valence-corrected chi connectivity index (χ2v) is 7.21. The number of amides is 1. The number of likely N-dealkylation sites (N-methyl/N-ethyl adjacent to an activating group) is 1. The SMILES string of the molecule is CNCCCON=C1c2ccccc2OC2(C(=O)N(C)c3ccccc3)CC12. The second-order valence-electron chi connectivity index (χ2n) is 7.21. The summed E-state index contributed by atoms with van der Waals surface area (Å²) in [7, 11) is 3.70. The van der Waals surface area contributed by atoms with Gasteiger partial charge in [-0.15, -0.1) is 0 Å². The Kier molecular flexibility index (Phi) is 5.05. The number of anilines is 1. The van der Waals surface area contributed by atoms with Crippen molar-refractivity contribution in [3.8, 4) is 5.75 Å². The Morgan fingerprint density at radius 3 is 2.79 bits per heavy atom. The molecule has 6 heteroatoms. The summed E-state index contributed by atoms with van der Waals surface area (Å²) in [5.41, 5.74) is 1.66. The molecule has 1 amide bonds. The molecular weight excluding hydrogens is 354 g/mol. The van der Waals surface area contributed by atoms with E-state index in [0.29, 0.717) is 18.8 Å². The zero-order chi connectivity index (χ0) is 19.6. The summed E-state index contributed by atoms with van der Waals surface area (Å²) < 4.78 is 6.24. The maximum Gasteiger partial charge on any atom is 0.271 e. The largest absolute Gasteiger partial charge is 0.476 e. The molecule has 146 valence electrons. The van der Waals surface area contributed by atoms with Gasteiger partial charge >= 0.3 is 0 Å². The van der Waals surface area contributed by atoms with Crippen LogP contribution in [0.3, 0.4) is 0 Å². The van der Waals surface area contributed by atoms with Gasteiger partial charge < -0.3 is 19.8 Å². The maximum atomic E-state index is 13.3. The molecule has 1 heterocycles. The fourth-order valence-corrected chi connectivity index (χ4v) is 3.70. The third-order valence-corrected chi connectivity index (χ3v) is 5.33. The van der Waals surface area contributed by atoms with Gasteiger partial charge in [-0.3, -0.25) is 4.79 Å². The van der Waals surface area contributed by atoms with E-state index >= 15 is 0 Å². The highest BCUT2D eigenvalue weighted by atomic mass is 16.6. The zero-order valence-corrected chi connectivity index (χ0v) is 16.2. The number of hydrogen-bond donors (Lipinski definition) is 1. The first-order valence-corrected chi connectivity index (χ1v) is 9.63. The third-order valence-electron chi connectivity index (χ3n) is 5.33. The van der Waals surface area contributed by atoms with Crippen LogP contribution >= 0.6 is 0 Å². The Labute approximate surface area is 165 Å². The summed E-state index contributed by atoms with van der Waals surface area (Å²) >= 11 is 0. The van der Waals surface area contributed by atoms with E-state index in [1.54, 1.807) is 11.9 Å². The summed E-state index contributed by atoms with van der Waals surface area (Å²) in [6.45, 7) is 1.41.